The third kappa shape index (κ3) is 5.04. The van der Waals surface area contributed by atoms with Crippen LogP contribution < -0.4 is 14.8 Å². The minimum Gasteiger partial charge on any atom is -0.493 e. The highest BCUT2D eigenvalue weighted by Gasteiger charge is 2.13. The van der Waals surface area contributed by atoms with Crippen LogP contribution in [0.5, 0.6) is 11.5 Å². The molecule has 32 heavy (non-hydrogen) atoms. The summed E-state index contributed by atoms with van der Waals surface area (Å²) in [4.78, 5) is 17.9. The van der Waals surface area contributed by atoms with Crippen molar-refractivity contribution in [2.75, 3.05) is 19.5 Å². The number of hydrogen-bond acceptors (Lipinski definition) is 7. The fourth-order valence-electron chi connectivity index (χ4n) is 3.09. The molecular formula is C24H21N3O4S. The zero-order chi connectivity index (χ0) is 22.3. The van der Waals surface area contributed by atoms with E-state index in [4.69, 9.17) is 14.0 Å². The highest BCUT2D eigenvalue weighted by Crippen LogP contribution is 2.28. The molecule has 0 aliphatic carbocycles. The van der Waals surface area contributed by atoms with Crippen molar-refractivity contribution >= 4 is 29.0 Å². The van der Waals surface area contributed by atoms with Crippen molar-refractivity contribution in [1.82, 2.24) is 10.1 Å². The number of benzene rings is 2. The quantitative estimate of drug-likeness (QED) is 0.380. The second-order valence-corrected chi connectivity index (χ2v) is 7.71. The lowest BCUT2D eigenvalue weighted by molar-refractivity contribution is -0.111. The Balaban J connectivity index is 1.45. The van der Waals surface area contributed by atoms with Gasteiger partial charge in [0.05, 0.1) is 25.5 Å². The molecule has 4 aromatic rings. The second kappa shape index (κ2) is 9.93. The van der Waals surface area contributed by atoms with Gasteiger partial charge in [0.2, 0.25) is 17.6 Å². The molecule has 0 bridgehead atoms. The van der Waals surface area contributed by atoms with Crippen molar-refractivity contribution in [3.05, 3.63) is 83.1 Å². The SMILES string of the molecule is COc1ccc(/C=C/C(=O)Nc2ccccc2Cc2nc(-c3cccs3)no2)cc1OC. The van der Waals surface area contributed by atoms with Gasteiger partial charge in [-0.2, -0.15) is 4.98 Å². The van der Waals surface area contributed by atoms with Crippen LogP contribution in [0.2, 0.25) is 0 Å². The smallest absolute Gasteiger partial charge is 0.248 e. The first-order chi connectivity index (χ1) is 15.7. The molecule has 0 radical (unpaired) electrons. The van der Waals surface area contributed by atoms with Gasteiger partial charge in [0.15, 0.2) is 11.5 Å². The minimum absolute atomic E-state index is 0.253. The van der Waals surface area contributed by atoms with E-state index in [0.29, 0.717) is 35.3 Å². The summed E-state index contributed by atoms with van der Waals surface area (Å²) >= 11 is 1.55. The number of anilines is 1. The zero-order valence-electron chi connectivity index (χ0n) is 17.6. The molecule has 0 fully saturated rings. The van der Waals surface area contributed by atoms with Crippen molar-refractivity contribution in [3.8, 4) is 22.2 Å². The van der Waals surface area contributed by atoms with E-state index in [1.807, 2.05) is 47.8 Å². The van der Waals surface area contributed by atoms with E-state index in [-0.39, 0.29) is 5.91 Å². The van der Waals surface area contributed by atoms with Crippen LogP contribution in [0.25, 0.3) is 16.8 Å². The Morgan fingerprint density at radius 3 is 2.72 bits per heavy atom. The molecule has 7 nitrogen and oxygen atoms in total. The summed E-state index contributed by atoms with van der Waals surface area (Å²) in [5.74, 6) is 2.02. The molecule has 1 N–H and O–H groups in total. The van der Waals surface area contributed by atoms with Crippen molar-refractivity contribution in [1.29, 1.82) is 0 Å². The maximum Gasteiger partial charge on any atom is 0.248 e. The Labute approximate surface area is 189 Å². The molecule has 0 unspecified atom stereocenters. The summed E-state index contributed by atoms with van der Waals surface area (Å²) in [7, 11) is 3.15. The van der Waals surface area contributed by atoms with Crippen LogP contribution in [0.3, 0.4) is 0 Å². The standard InChI is InChI=1S/C24H21N3O4S/c1-29-19-11-9-16(14-20(19)30-2)10-12-22(28)25-18-7-4-3-6-17(18)15-23-26-24(27-31-23)21-8-5-13-32-21/h3-14H,15H2,1-2H3,(H,25,28)/b12-10+. The lowest BCUT2D eigenvalue weighted by atomic mass is 10.1. The Morgan fingerprint density at radius 1 is 1.09 bits per heavy atom. The number of nitrogens with one attached hydrogen (secondary N) is 1. The molecule has 2 aromatic carbocycles. The average molecular weight is 448 g/mol. The number of aromatic nitrogens is 2. The van der Waals surface area contributed by atoms with E-state index >= 15 is 0 Å². The maximum atomic E-state index is 12.5. The number of ether oxygens (including phenoxy) is 2. The molecule has 0 saturated heterocycles. The van der Waals surface area contributed by atoms with Gasteiger partial charge in [-0.3, -0.25) is 4.79 Å². The number of nitrogens with zero attached hydrogens (tertiary/aromatic N) is 2. The van der Waals surface area contributed by atoms with Gasteiger partial charge in [-0.1, -0.05) is 35.5 Å². The fraction of sp³-hybridized carbons (Fsp3) is 0.125. The number of para-hydroxylation sites is 1. The molecule has 0 aliphatic rings. The third-order valence-corrected chi connectivity index (χ3v) is 5.53. The summed E-state index contributed by atoms with van der Waals surface area (Å²) in [6.07, 6.45) is 3.60. The van der Waals surface area contributed by atoms with Gasteiger partial charge in [0.25, 0.3) is 0 Å². The van der Waals surface area contributed by atoms with Gasteiger partial charge in [0, 0.05) is 11.8 Å². The molecule has 4 rings (SSSR count). The molecular weight excluding hydrogens is 426 g/mol. The Bertz CT molecular complexity index is 1230. The zero-order valence-corrected chi connectivity index (χ0v) is 18.4. The van der Waals surface area contributed by atoms with Crippen LogP contribution in [0.4, 0.5) is 5.69 Å². The molecule has 0 spiro atoms. The van der Waals surface area contributed by atoms with Gasteiger partial charge in [0.1, 0.15) is 0 Å². The van der Waals surface area contributed by atoms with E-state index in [1.165, 1.54) is 6.08 Å². The predicted molar refractivity (Wildman–Crippen MR) is 124 cm³/mol. The first-order valence-corrected chi connectivity index (χ1v) is 10.7. The lowest BCUT2D eigenvalue weighted by Gasteiger charge is -2.09. The molecule has 1 amide bonds. The summed E-state index contributed by atoms with van der Waals surface area (Å²) in [6, 6.07) is 16.9. The Morgan fingerprint density at radius 2 is 1.94 bits per heavy atom. The largest absolute Gasteiger partial charge is 0.493 e. The van der Waals surface area contributed by atoms with Crippen LogP contribution >= 0.6 is 11.3 Å². The number of methoxy groups -OCH3 is 2. The molecule has 0 aliphatic heterocycles. The molecule has 0 saturated carbocycles. The van der Waals surface area contributed by atoms with Gasteiger partial charge in [-0.15, -0.1) is 11.3 Å². The molecule has 2 heterocycles. The fourth-order valence-corrected chi connectivity index (χ4v) is 3.74. The first kappa shape index (κ1) is 21.3. The topological polar surface area (TPSA) is 86.5 Å². The van der Waals surface area contributed by atoms with Crippen molar-refractivity contribution in [2.45, 2.75) is 6.42 Å². The molecule has 8 heteroatoms. The minimum atomic E-state index is -0.253. The number of carbonyl (C=O) groups excluding carboxylic acids is 1. The van der Waals surface area contributed by atoms with Crippen LogP contribution in [0.15, 0.2) is 70.6 Å². The lowest BCUT2D eigenvalue weighted by Crippen LogP contribution is -2.10. The van der Waals surface area contributed by atoms with E-state index in [1.54, 1.807) is 43.8 Å². The van der Waals surface area contributed by atoms with E-state index in [9.17, 15) is 4.79 Å². The van der Waals surface area contributed by atoms with Crippen LogP contribution in [0.1, 0.15) is 17.0 Å². The van der Waals surface area contributed by atoms with Gasteiger partial charge >= 0.3 is 0 Å². The highest BCUT2D eigenvalue weighted by atomic mass is 32.1. The molecule has 0 atom stereocenters. The Kier molecular flexibility index (Phi) is 6.62. The molecule has 2 aromatic heterocycles. The summed E-state index contributed by atoms with van der Waals surface area (Å²) < 4.78 is 15.9. The Hall–Kier alpha value is -3.91. The van der Waals surface area contributed by atoms with Crippen molar-refractivity contribution in [3.63, 3.8) is 0 Å². The van der Waals surface area contributed by atoms with Gasteiger partial charge in [-0.05, 0) is 46.8 Å². The van der Waals surface area contributed by atoms with E-state index in [2.05, 4.69) is 15.5 Å². The number of hydrogen-bond donors (Lipinski definition) is 1. The van der Waals surface area contributed by atoms with Gasteiger partial charge < -0.3 is 19.3 Å². The predicted octanol–water partition coefficient (Wildman–Crippen LogP) is 5.06. The van der Waals surface area contributed by atoms with Crippen molar-refractivity contribution < 1.29 is 18.8 Å². The third-order valence-electron chi connectivity index (χ3n) is 4.66. The van der Waals surface area contributed by atoms with E-state index in [0.717, 1.165) is 16.0 Å². The first-order valence-electron chi connectivity index (χ1n) is 9.81. The number of carbonyl (C=O) groups is 1. The summed E-state index contributed by atoms with van der Waals surface area (Å²) in [5, 5.41) is 8.92. The van der Waals surface area contributed by atoms with Crippen LogP contribution in [-0.4, -0.2) is 30.3 Å². The van der Waals surface area contributed by atoms with Crippen molar-refractivity contribution in [2.24, 2.45) is 0 Å². The second-order valence-electron chi connectivity index (χ2n) is 6.76. The summed E-state index contributed by atoms with van der Waals surface area (Å²) in [6.45, 7) is 0. The van der Waals surface area contributed by atoms with Crippen LogP contribution in [-0.2, 0) is 11.2 Å². The van der Waals surface area contributed by atoms with Gasteiger partial charge in [-0.25, -0.2) is 0 Å². The molecule has 162 valence electrons. The van der Waals surface area contributed by atoms with E-state index < -0.39 is 0 Å². The monoisotopic (exact) mass is 447 g/mol. The average Bonchev–Trinajstić information content (AvgIpc) is 3.51. The number of rotatable bonds is 8. The van der Waals surface area contributed by atoms with Crippen LogP contribution in [0, 0.1) is 0 Å². The number of thiophene rings is 1. The highest BCUT2D eigenvalue weighted by molar-refractivity contribution is 7.13. The normalized spacial score (nSPS) is 10.9. The maximum absolute atomic E-state index is 12.5. The number of amides is 1. The summed E-state index contributed by atoms with van der Waals surface area (Å²) in [5.41, 5.74) is 2.38.